The van der Waals surface area contributed by atoms with Crippen LogP contribution in [0.5, 0.6) is 0 Å². The predicted molar refractivity (Wildman–Crippen MR) is 74.1 cm³/mol. The van der Waals surface area contributed by atoms with Gasteiger partial charge in [0.05, 0.1) is 6.10 Å². The number of thiophene rings is 1. The molecule has 1 aromatic heterocycles. The SMILES string of the molecule is CCN(CC)CCC(O)Cc1sccc1Br. The van der Waals surface area contributed by atoms with Crippen molar-refractivity contribution in [3.63, 3.8) is 0 Å². The van der Waals surface area contributed by atoms with E-state index in [-0.39, 0.29) is 6.10 Å². The number of aliphatic hydroxyl groups excluding tert-OH is 1. The molecule has 4 heteroatoms. The van der Waals surface area contributed by atoms with Crippen molar-refractivity contribution in [3.8, 4) is 0 Å². The van der Waals surface area contributed by atoms with Gasteiger partial charge in [0.1, 0.15) is 0 Å². The fraction of sp³-hybridized carbons (Fsp3) is 0.667. The largest absolute Gasteiger partial charge is 0.393 e. The summed E-state index contributed by atoms with van der Waals surface area (Å²) in [6.07, 6.45) is 1.39. The lowest BCUT2D eigenvalue weighted by Gasteiger charge is -2.19. The summed E-state index contributed by atoms with van der Waals surface area (Å²) in [5, 5.41) is 12.0. The van der Waals surface area contributed by atoms with E-state index in [9.17, 15) is 5.11 Å². The normalized spacial score (nSPS) is 13.3. The van der Waals surface area contributed by atoms with Crippen molar-refractivity contribution in [1.29, 1.82) is 0 Å². The zero-order valence-electron chi connectivity index (χ0n) is 9.95. The summed E-state index contributed by atoms with van der Waals surface area (Å²) in [5.41, 5.74) is 0. The molecule has 1 N–H and O–H groups in total. The molecule has 1 unspecified atom stereocenters. The first kappa shape index (κ1) is 14.2. The highest BCUT2D eigenvalue weighted by molar-refractivity contribution is 9.10. The van der Waals surface area contributed by atoms with Crippen LogP contribution in [0.1, 0.15) is 25.1 Å². The number of halogens is 1. The van der Waals surface area contributed by atoms with Gasteiger partial charge in [0.25, 0.3) is 0 Å². The molecular formula is C12H20BrNOS. The minimum absolute atomic E-state index is 0.226. The summed E-state index contributed by atoms with van der Waals surface area (Å²) < 4.78 is 1.12. The lowest BCUT2D eigenvalue weighted by atomic mass is 10.1. The number of hydrogen-bond donors (Lipinski definition) is 1. The van der Waals surface area contributed by atoms with Crippen molar-refractivity contribution < 1.29 is 5.11 Å². The van der Waals surface area contributed by atoms with E-state index >= 15 is 0 Å². The molecule has 0 aliphatic heterocycles. The maximum absolute atomic E-state index is 9.94. The van der Waals surface area contributed by atoms with Gasteiger partial charge in [0, 0.05) is 22.3 Å². The lowest BCUT2D eigenvalue weighted by Crippen LogP contribution is -2.27. The minimum atomic E-state index is -0.226. The molecule has 92 valence electrons. The van der Waals surface area contributed by atoms with Crippen LogP contribution < -0.4 is 0 Å². The number of hydrogen-bond acceptors (Lipinski definition) is 3. The molecule has 0 aliphatic carbocycles. The van der Waals surface area contributed by atoms with Gasteiger partial charge in [-0.05, 0) is 46.9 Å². The van der Waals surface area contributed by atoms with E-state index in [1.54, 1.807) is 11.3 Å². The van der Waals surface area contributed by atoms with E-state index < -0.39 is 0 Å². The molecule has 1 atom stereocenters. The zero-order valence-corrected chi connectivity index (χ0v) is 12.4. The molecule has 0 amide bonds. The molecule has 0 aliphatic rings. The molecule has 0 radical (unpaired) electrons. The predicted octanol–water partition coefficient (Wildman–Crippen LogP) is 3.15. The average Bonchev–Trinajstić information content (AvgIpc) is 2.66. The topological polar surface area (TPSA) is 23.5 Å². The Morgan fingerprint density at radius 2 is 2.12 bits per heavy atom. The molecule has 2 nitrogen and oxygen atoms in total. The molecule has 0 saturated heterocycles. The van der Waals surface area contributed by atoms with Crippen molar-refractivity contribution in [3.05, 3.63) is 20.8 Å². The van der Waals surface area contributed by atoms with E-state index in [2.05, 4.69) is 40.1 Å². The molecule has 0 spiro atoms. The first-order chi connectivity index (χ1) is 7.67. The summed E-state index contributed by atoms with van der Waals surface area (Å²) in [6.45, 7) is 7.42. The summed E-state index contributed by atoms with van der Waals surface area (Å²) in [5.74, 6) is 0. The van der Waals surface area contributed by atoms with Gasteiger partial charge in [-0.3, -0.25) is 0 Å². The van der Waals surface area contributed by atoms with Crippen LogP contribution in [0.25, 0.3) is 0 Å². The monoisotopic (exact) mass is 305 g/mol. The van der Waals surface area contributed by atoms with E-state index in [1.807, 2.05) is 6.07 Å². The second kappa shape index (κ2) is 7.43. The maximum atomic E-state index is 9.94. The Hall–Kier alpha value is 0.100. The fourth-order valence-electron chi connectivity index (χ4n) is 1.66. The van der Waals surface area contributed by atoms with Gasteiger partial charge in [-0.15, -0.1) is 11.3 Å². The Balaban J connectivity index is 2.31. The van der Waals surface area contributed by atoms with E-state index in [0.29, 0.717) is 0 Å². The van der Waals surface area contributed by atoms with Gasteiger partial charge < -0.3 is 10.0 Å². The number of rotatable bonds is 7. The average molecular weight is 306 g/mol. The van der Waals surface area contributed by atoms with Crippen molar-refractivity contribution in [2.75, 3.05) is 19.6 Å². The molecule has 1 aromatic rings. The van der Waals surface area contributed by atoms with Gasteiger partial charge in [-0.2, -0.15) is 0 Å². The fourth-order valence-corrected chi connectivity index (χ4v) is 3.25. The quantitative estimate of drug-likeness (QED) is 0.836. The molecule has 1 rings (SSSR count). The van der Waals surface area contributed by atoms with Crippen LogP contribution in [-0.2, 0) is 6.42 Å². The van der Waals surface area contributed by atoms with Crippen LogP contribution in [0.4, 0.5) is 0 Å². The van der Waals surface area contributed by atoms with Crippen molar-refractivity contribution in [2.24, 2.45) is 0 Å². The lowest BCUT2D eigenvalue weighted by molar-refractivity contribution is 0.144. The smallest absolute Gasteiger partial charge is 0.0601 e. The Morgan fingerprint density at radius 1 is 1.44 bits per heavy atom. The highest BCUT2D eigenvalue weighted by Gasteiger charge is 2.10. The van der Waals surface area contributed by atoms with Crippen molar-refractivity contribution >= 4 is 27.3 Å². The van der Waals surface area contributed by atoms with Gasteiger partial charge in [-0.1, -0.05) is 13.8 Å². The van der Waals surface area contributed by atoms with Crippen molar-refractivity contribution in [1.82, 2.24) is 4.90 Å². The molecular weight excluding hydrogens is 286 g/mol. The zero-order chi connectivity index (χ0) is 12.0. The Kier molecular flexibility index (Phi) is 6.58. The van der Waals surface area contributed by atoms with Crippen LogP contribution in [-0.4, -0.2) is 35.7 Å². The third kappa shape index (κ3) is 4.53. The molecule has 0 fully saturated rings. The Labute approximate surface area is 110 Å². The molecule has 0 aromatic carbocycles. The number of aliphatic hydroxyl groups is 1. The molecule has 1 heterocycles. The van der Waals surface area contributed by atoms with Gasteiger partial charge in [0.15, 0.2) is 0 Å². The van der Waals surface area contributed by atoms with Gasteiger partial charge >= 0.3 is 0 Å². The second-order valence-electron chi connectivity index (χ2n) is 3.87. The van der Waals surface area contributed by atoms with Crippen LogP contribution in [0.15, 0.2) is 15.9 Å². The molecule has 0 saturated carbocycles. The van der Waals surface area contributed by atoms with Crippen LogP contribution in [0.2, 0.25) is 0 Å². The van der Waals surface area contributed by atoms with E-state index in [1.165, 1.54) is 4.88 Å². The van der Waals surface area contributed by atoms with Crippen LogP contribution >= 0.6 is 27.3 Å². The van der Waals surface area contributed by atoms with Crippen LogP contribution in [0, 0.1) is 0 Å². The molecule has 0 bridgehead atoms. The van der Waals surface area contributed by atoms with Crippen LogP contribution in [0.3, 0.4) is 0 Å². The minimum Gasteiger partial charge on any atom is -0.393 e. The third-order valence-electron chi connectivity index (χ3n) is 2.79. The Morgan fingerprint density at radius 3 is 2.62 bits per heavy atom. The molecule has 16 heavy (non-hydrogen) atoms. The summed E-state index contributed by atoms with van der Waals surface area (Å²) >= 11 is 5.19. The second-order valence-corrected chi connectivity index (χ2v) is 5.72. The van der Waals surface area contributed by atoms with E-state index in [0.717, 1.165) is 36.9 Å². The maximum Gasteiger partial charge on any atom is 0.0601 e. The first-order valence-electron chi connectivity index (χ1n) is 5.79. The number of nitrogens with zero attached hydrogens (tertiary/aromatic N) is 1. The summed E-state index contributed by atoms with van der Waals surface area (Å²) in [6, 6.07) is 2.04. The summed E-state index contributed by atoms with van der Waals surface area (Å²) in [7, 11) is 0. The van der Waals surface area contributed by atoms with E-state index in [4.69, 9.17) is 0 Å². The Bertz CT molecular complexity index is 299. The van der Waals surface area contributed by atoms with Crippen molar-refractivity contribution in [2.45, 2.75) is 32.8 Å². The third-order valence-corrected chi connectivity index (χ3v) is 4.73. The summed E-state index contributed by atoms with van der Waals surface area (Å²) in [4.78, 5) is 3.58. The highest BCUT2D eigenvalue weighted by Crippen LogP contribution is 2.24. The van der Waals surface area contributed by atoms with Gasteiger partial charge in [0.2, 0.25) is 0 Å². The highest BCUT2D eigenvalue weighted by atomic mass is 79.9. The standard InChI is InChI=1S/C12H20BrNOS/c1-3-14(4-2)7-5-10(15)9-12-11(13)6-8-16-12/h6,8,10,15H,3-5,7,9H2,1-2H3. The first-order valence-corrected chi connectivity index (χ1v) is 7.46. The van der Waals surface area contributed by atoms with Gasteiger partial charge in [-0.25, -0.2) is 0 Å².